The predicted octanol–water partition coefficient (Wildman–Crippen LogP) is 3.27. The molecule has 0 aromatic heterocycles. The van der Waals surface area contributed by atoms with Crippen LogP contribution in [0.5, 0.6) is 0 Å². The van der Waals surface area contributed by atoms with Gasteiger partial charge >= 0.3 is 5.97 Å². The molecule has 2 nitrogen and oxygen atoms in total. The molecule has 0 N–H and O–H groups in total. The molecule has 0 radical (unpaired) electrons. The number of rotatable bonds is 4. The molecule has 0 fully saturated rings. The lowest BCUT2D eigenvalue weighted by molar-refractivity contribution is -0.146. The third kappa shape index (κ3) is 3.49. The van der Waals surface area contributed by atoms with Crippen LogP contribution in [0.3, 0.4) is 0 Å². The molecule has 0 aliphatic heterocycles. The highest BCUT2D eigenvalue weighted by Crippen LogP contribution is 2.18. The van der Waals surface area contributed by atoms with Gasteiger partial charge in [-0.25, -0.2) is 0 Å². The quantitative estimate of drug-likeness (QED) is 0.598. The number of hydrogen-bond acceptors (Lipinski definition) is 2. The van der Waals surface area contributed by atoms with Crippen molar-refractivity contribution in [2.75, 3.05) is 6.61 Å². The van der Waals surface area contributed by atoms with Crippen LogP contribution in [0.1, 0.15) is 31.9 Å². The maximum atomic E-state index is 11.6. The number of hydrogen-bond donors (Lipinski definition) is 0. The third-order valence-corrected chi connectivity index (χ3v) is 2.82. The van der Waals surface area contributed by atoms with Gasteiger partial charge < -0.3 is 4.74 Å². The molecule has 0 aliphatic rings. The van der Waals surface area contributed by atoms with Crippen molar-refractivity contribution in [2.45, 2.75) is 20.8 Å². The fourth-order valence-electron chi connectivity index (χ4n) is 1.58. The normalized spacial score (nSPS) is 12.7. The fourth-order valence-corrected chi connectivity index (χ4v) is 1.58. The second-order valence-corrected chi connectivity index (χ2v) is 4.09. The van der Waals surface area contributed by atoms with Gasteiger partial charge in [0.25, 0.3) is 0 Å². The Bertz CT molecular complexity index is 492. The minimum atomic E-state index is -0.254. The Balaban J connectivity index is 2.96. The summed E-state index contributed by atoms with van der Waals surface area (Å²) >= 11 is 0. The first-order valence-corrected chi connectivity index (χ1v) is 6.00. The lowest BCUT2D eigenvalue weighted by Crippen LogP contribution is -2.15. The highest BCUT2D eigenvalue weighted by atomic mass is 16.5. The minimum Gasteiger partial charge on any atom is -0.466 e. The van der Waals surface area contributed by atoms with E-state index in [0.29, 0.717) is 6.61 Å². The molecule has 18 heavy (non-hydrogen) atoms. The molecule has 0 saturated carbocycles. The summed E-state index contributed by atoms with van der Waals surface area (Å²) in [4.78, 5) is 11.6. The maximum Gasteiger partial charge on any atom is 0.312 e. The summed E-state index contributed by atoms with van der Waals surface area (Å²) in [5.41, 5.74) is 2.72. The van der Waals surface area contributed by atoms with Gasteiger partial charge in [0.1, 0.15) is 0 Å². The molecule has 1 aromatic rings. The van der Waals surface area contributed by atoms with Crippen LogP contribution in [0.25, 0.3) is 6.08 Å². The highest BCUT2D eigenvalue weighted by Gasteiger charge is 2.15. The second-order valence-electron chi connectivity index (χ2n) is 4.09. The van der Waals surface area contributed by atoms with Crippen molar-refractivity contribution in [2.24, 2.45) is 5.92 Å². The number of carbonyl (C=O) groups is 1. The summed E-state index contributed by atoms with van der Waals surface area (Å²) < 4.78 is 5.00. The van der Waals surface area contributed by atoms with Crippen molar-refractivity contribution in [3.63, 3.8) is 0 Å². The summed E-state index contributed by atoms with van der Waals surface area (Å²) in [6, 6.07) is 7.65. The van der Waals surface area contributed by atoms with Gasteiger partial charge in [0, 0.05) is 5.56 Å². The van der Waals surface area contributed by atoms with Crippen LogP contribution >= 0.6 is 0 Å². The minimum absolute atomic E-state index is 0.204. The standard InChI is InChI=1S/C16H18O2/c1-5-14-9-7-8-10-15(14)11-12(3)13(4)16(17)18-6-2/h1,7-11,13H,6H2,2-4H3/b12-11+. The smallest absolute Gasteiger partial charge is 0.312 e. The van der Waals surface area contributed by atoms with Gasteiger partial charge in [0.15, 0.2) is 0 Å². The summed E-state index contributed by atoms with van der Waals surface area (Å²) in [5.74, 6) is 2.18. The van der Waals surface area contributed by atoms with E-state index < -0.39 is 0 Å². The molecular weight excluding hydrogens is 224 g/mol. The Hall–Kier alpha value is -2.01. The first-order valence-electron chi connectivity index (χ1n) is 6.00. The summed E-state index contributed by atoms with van der Waals surface area (Å²) in [5, 5.41) is 0. The van der Waals surface area contributed by atoms with Crippen LogP contribution in [0, 0.1) is 18.3 Å². The predicted molar refractivity (Wildman–Crippen MR) is 73.8 cm³/mol. The summed E-state index contributed by atoms with van der Waals surface area (Å²) in [7, 11) is 0. The monoisotopic (exact) mass is 242 g/mol. The van der Waals surface area contributed by atoms with Gasteiger partial charge in [0.2, 0.25) is 0 Å². The number of ether oxygens (including phenoxy) is 1. The zero-order chi connectivity index (χ0) is 13.5. The van der Waals surface area contributed by atoms with Crippen LogP contribution in [-0.2, 0) is 9.53 Å². The van der Waals surface area contributed by atoms with E-state index in [0.717, 1.165) is 16.7 Å². The molecule has 1 aromatic carbocycles. The van der Waals surface area contributed by atoms with Crippen molar-refractivity contribution in [3.8, 4) is 12.3 Å². The van der Waals surface area contributed by atoms with Gasteiger partial charge in [0.05, 0.1) is 12.5 Å². The molecule has 0 bridgehead atoms. The van der Waals surface area contributed by atoms with Crippen molar-refractivity contribution < 1.29 is 9.53 Å². The summed E-state index contributed by atoms with van der Waals surface area (Å²) in [6.07, 6.45) is 7.38. The van der Waals surface area contributed by atoms with E-state index in [-0.39, 0.29) is 11.9 Å². The molecule has 0 spiro atoms. The highest BCUT2D eigenvalue weighted by molar-refractivity contribution is 5.77. The number of benzene rings is 1. The van der Waals surface area contributed by atoms with Gasteiger partial charge in [-0.1, -0.05) is 35.8 Å². The van der Waals surface area contributed by atoms with E-state index in [4.69, 9.17) is 11.2 Å². The Kier molecular flexibility index (Phi) is 5.20. The topological polar surface area (TPSA) is 26.3 Å². The van der Waals surface area contributed by atoms with E-state index >= 15 is 0 Å². The third-order valence-electron chi connectivity index (χ3n) is 2.82. The molecule has 0 aliphatic carbocycles. The van der Waals surface area contributed by atoms with E-state index in [1.165, 1.54) is 0 Å². The Morgan fingerprint density at radius 3 is 2.78 bits per heavy atom. The van der Waals surface area contributed by atoms with E-state index in [1.54, 1.807) is 6.92 Å². The number of carbonyl (C=O) groups excluding carboxylic acids is 1. The fraction of sp³-hybridized carbons (Fsp3) is 0.312. The molecule has 1 rings (SSSR count). The SMILES string of the molecule is C#Cc1ccccc1/C=C(\C)C(C)C(=O)OCC. The number of terminal acetylenes is 1. The van der Waals surface area contributed by atoms with Crippen LogP contribution in [0.15, 0.2) is 29.8 Å². The van der Waals surface area contributed by atoms with Gasteiger partial charge in [-0.2, -0.15) is 0 Å². The Morgan fingerprint density at radius 2 is 2.17 bits per heavy atom. The maximum absolute atomic E-state index is 11.6. The molecular formula is C16H18O2. The lowest BCUT2D eigenvalue weighted by atomic mass is 9.98. The van der Waals surface area contributed by atoms with Crippen molar-refractivity contribution in [1.29, 1.82) is 0 Å². The van der Waals surface area contributed by atoms with Crippen molar-refractivity contribution >= 4 is 12.0 Å². The Morgan fingerprint density at radius 1 is 1.50 bits per heavy atom. The van der Waals surface area contributed by atoms with Crippen LogP contribution < -0.4 is 0 Å². The van der Waals surface area contributed by atoms with Crippen LogP contribution in [-0.4, -0.2) is 12.6 Å². The van der Waals surface area contributed by atoms with Crippen LogP contribution in [0.2, 0.25) is 0 Å². The van der Waals surface area contributed by atoms with Gasteiger partial charge in [-0.05, 0) is 32.4 Å². The first-order chi connectivity index (χ1) is 8.60. The lowest BCUT2D eigenvalue weighted by Gasteiger charge is -2.11. The molecule has 1 unspecified atom stereocenters. The summed E-state index contributed by atoms with van der Waals surface area (Å²) in [6.45, 7) is 5.95. The molecule has 0 heterocycles. The average molecular weight is 242 g/mol. The molecule has 2 heteroatoms. The van der Waals surface area contributed by atoms with Gasteiger partial charge in [-0.15, -0.1) is 6.42 Å². The first kappa shape index (κ1) is 14.1. The number of esters is 1. The van der Waals surface area contributed by atoms with E-state index in [1.807, 2.05) is 44.2 Å². The van der Waals surface area contributed by atoms with Crippen molar-refractivity contribution in [1.82, 2.24) is 0 Å². The zero-order valence-corrected chi connectivity index (χ0v) is 11.1. The van der Waals surface area contributed by atoms with E-state index in [9.17, 15) is 4.79 Å². The molecule has 94 valence electrons. The van der Waals surface area contributed by atoms with E-state index in [2.05, 4.69) is 5.92 Å². The second kappa shape index (κ2) is 6.66. The van der Waals surface area contributed by atoms with Gasteiger partial charge in [-0.3, -0.25) is 4.79 Å². The van der Waals surface area contributed by atoms with Crippen molar-refractivity contribution in [3.05, 3.63) is 41.0 Å². The molecule has 1 atom stereocenters. The molecule has 0 amide bonds. The van der Waals surface area contributed by atoms with Crippen LogP contribution in [0.4, 0.5) is 0 Å². The largest absolute Gasteiger partial charge is 0.466 e. The Labute approximate surface area is 109 Å². The average Bonchev–Trinajstić information content (AvgIpc) is 2.38. The zero-order valence-electron chi connectivity index (χ0n) is 11.1. The molecule has 0 saturated heterocycles.